The molecule has 19 heavy (non-hydrogen) atoms. The topological polar surface area (TPSA) is 24.1 Å². The molecular weight excluding hydrogens is 232 g/mol. The van der Waals surface area contributed by atoms with Crippen LogP contribution in [0.4, 0.5) is 0 Å². The van der Waals surface area contributed by atoms with Crippen LogP contribution in [0, 0.1) is 12.8 Å². The molecule has 0 fully saturated rings. The largest absolute Gasteiger partial charge is 0.319 e. The fraction of sp³-hybridized carbons (Fsp3) is 0.647. The molecular formula is C17H30N2. The van der Waals surface area contributed by atoms with Gasteiger partial charge in [-0.05, 0) is 44.1 Å². The van der Waals surface area contributed by atoms with Crippen LogP contribution in [-0.2, 0) is 5.41 Å². The van der Waals surface area contributed by atoms with Crippen molar-refractivity contribution >= 4 is 0 Å². The molecule has 108 valence electrons. The summed E-state index contributed by atoms with van der Waals surface area (Å²) >= 11 is 0. The molecule has 0 radical (unpaired) electrons. The average Bonchev–Trinajstić information content (AvgIpc) is 2.38. The first kappa shape index (κ1) is 16.2. The van der Waals surface area contributed by atoms with Crippen LogP contribution >= 0.6 is 0 Å². The zero-order chi connectivity index (χ0) is 14.3. The SMILES string of the molecule is CCC(CNC)CNCC(C)(C)c1ccccc1C. The molecule has 1 atom stereocenters. The van der Waals surface area contributed by atoms with E-state index in [1.165, 1.54) is 17.5 Å². The Morgan fingerprint density at radius 3 is 2.42 bits per heavy atom. The van der Waals surface area contributed by atoms with Gasteiger partial charge in [0.25, 0.3) is 0 Å². The van der Waals surface area contributed by atoms with Crippen molar-refractivity contribution in [2.45, 2.75) is 39.5 Å². The predicted octanol–water partition coefficient (Wildman–Crippen LogP) is 3.11. The predicted molar refractivity (Wildman–Crippen MR) is 84.8 cm³/mol. The summed E-state index contributed by atoms with van der Waals surface area (Å²) in [6.07, 6.45) is 1.22. The lowest BCUT2D eigenvalue weighted by Gasteiger charge is -2.28. The van der Waals surface area contributed by atoms with E-state index in [1.54, 1.807) is 0 Å². The van der Waals surface area contributed by atoms with Crippen molar-refractivity contribution < 1.29 is 0 Å². The first-order valence-electron chi connectivity index (χ1n) is 7.42. The summed E-state index contributed by atoms with van der Waals surface area (Å²) in [5.41, 5.74) is 3.02. The number of hydrogen-bond donors (Lipinski definition) is 2. The van der Waals surface area contributed by atoms with E-state index >= 15 is 0 Å². The van der Waals surface area contributed by atoms with Crippen LogP contribution in [-0.4, -0.2) is 26.7 Å². The Labute approximate surface area is 119 Å². The minimum atomic E-state index is 0.184. The fourth-order valence-electron chi connectivity index (χ4n) is 2.67. The van der Waals surface area contributed by atoms with Gasteiger partial charge >= 0.3 is 0 Å². The molecule has 2 nitrogen and oxygen atoms in total. The Morgan fingerprint density at radius 2 is 1.84 bits per heavy atom. The highest BCUT2D eigenvalue weighted by atomic mass is 14.9. The maximum absolute atomic E-state index is 3.65. The molecule has 1 rings (SSSR count). The number of benzene rings is 1. The first-order chi connectivity index (χ1) is 9.01. The fourth-order valence-corrected chi connectivity index (χ4v) is 2.67. The minimum Gasteiger partial charge on any atom is -0.319 e. The number of nitrogens with one attached hydrogen (secondary N) is 2. The molecule has 0 saturated heterocycles. The van der Waals surface area contributed by atoms with Gasteiger partial charge in [0.05, 0.1) is 0 Å². The van der Waals surface area contributed by atoms with Gasteiger partial charge in [0.15, 0.2) is 0 Å². The maximum Gasteiger partial charge on any atom is 0.00434 e. The molecule has 2 N–H and O–H groups in total. The van der Waals surface area contributed by atoms with Gasteiger partial charge in [-0.1, -0.05) is 51.5 Å². The summed E-state index contributed by atoms with van der Waals surface area (Å²) in [5.74, 6) is 0.720. The van der Waals surface area contributed by atoms with Crippen molar-refractivity contribution in [3.05, 3.63) is 35.4 Å². The quantitative estimate of drug-likeness (QED) is 0.752. The third-order valence-electron chi connectivity index (χ3n) is 3.94. The van der Waals surface area contributed by atoms with E-state index in [-0.39, 0.29) is 5.41 Å². The molecule has 0 aromatic heterocycles. The lowest BCUT2D eigenvalue weighted by atomic mass is 9.82. The Morgan fingerprint density at radius 1 is 1.16 bits per heavy atom. The van der Waals surface area contributed by atoms with Gasteiger partial charge in [-0.15, -0.1) is 0 Å². The van der Waals surface area contributed by atoms with Gasteiger partial charge in [0.1, 0.15) is 0 Å². The Kier molecular flexibility index (Phi) is 6.53. The first-order valence-corrected chi connectivity index (χ1v) is 7.42. The zero-order valence-electron chi connectivity index (χ0n) is 13.2. The second kappa shape index (κ2) is 7.66. The highest BCUT2D eigenvalue weighted by molar-refractivity contribution is 5.32. The van der Waals surface area contributed by atoms with Gasteiger partial charge < -0.3 is 10.6 Å². The Bertz CT molecular complexity index is 371. The molecule has 1 unspecified atom stereocenters. The molecule has 1 aromatic carbocycles. The van der Waals surface area contributed by atoms with Crippen molar-refractivity contribution in [1.29, 1.82) is 0 Å². The summed E-state index contributed by atoms with van der Waals surface area (Å²) in [4.78, 5) is 0. The van der Waals surface area contributed by atoms with E-state index in [9.17, 15) is 0 Å². The maximum atomic E-state index is 3.65. The summed E-state index contributed by atoms with van der Waals surface area (Å²) < 4.78 is 0. The average molecular weight is 262 g/mol. The molecule has 1 aromatic rings. The smallest absolute Gasteiger partial charge is 0.00434 e. The van der Waals surface area contributed by atoms with Crippen LogP contribution in [0.5, 0.6) is 0 Å². The summed E-state index contributed by atoms with van der Waals surface area (Å²) in [6.45, 7) is 12.3. The van der Waals surface area contributed by atoms with Crippen LogP contribution in [0.15, 0.2) is 24.3 Å². The van der Waals surface area contributed by atoms with E-state index in [2.05, 4.69) is 62.6 Å². The van der Waals surface area contributed by atoms with Crippen LogP contribution < -0.4 is 10.6 Å². The molecule has 0 bridgehead atoms. The van der Waals surface area contributed by atoms with Crippen molar-refractivity contribution in [3.63, 3.8) is 0 Å². The number of aryl methyl sites for hydroxylation is 1. The van der Waals surface area contributed by atoms with E-state index < -0.39 is 0 Å². The van der Waals surface area contributed by atoms with Crippen molar-refractivity contribution in [2.75, 3.05) is 26.7 Å². The second-order valence-electron chi connectivity index (χ2n) is 6.16. The highest BCUT2D eigenvalue weighted by Crippen LogP contribution is 2.25. The summed E-state index contributed by atoms with van der Waals surface area (Å²) in [7, 11) is 2.03. The van der Waals surface area contributed by atoms with Gasteiger partial charge in [0, 0.05) is 12.0 Å². The minimum absolute atomic E-state index is 0.184. The number of rotatable bonds is 8. The number of hydrogen-bond acceptors (Lipinski definition) is 2. The lowest BCUT2D eigenvalue weighted by Crippen LogP contribution is -2.37. The van der Waals surface area contributed by atoms with Crippen LogP contribution in [0.25, 0.3) is 0 Å². The zero-order valence-corrected chi connectivity index (χ0v) is 13.2. The lowest BCUT2D eigenvalue weighted by molar-refractivity contribution is 0.401. The molecule has 0 aliphatic rings. The molecule has 0 saturated carbocycles. The van der Waals surface area contributed by atoms with Gasteiger partial charge in [0.2, 0.25) is 0 Å². The molecule has 0 amide bonds. The van der Waals surface area contributed by atoms with E-state index in [1.807, 2.05) is 7.05 Å². The third kappa shape index (κ3) is 4.96. The van der Waals surface area contributed by atoms with Gasteiger partial charge in [-0.3, -0.25) is 0 Å². The van der Waals surface area contributed by atoms with Crippen molar-refractivity contribution in [3.8, 4) is 0 Å². The summed E-state index contributed by atoms with van der Waals surface area (Å²) in [6, 6.07) is 8.71. The van der Waals surface area contributed by atoms with Crippen LogP contribution in [0.3, 0.4) is 0 Å². The monoisotopic (exact) mass is 262 g/mol. The van der Waals surface area contributed by atoms with Gasteiger partial charge in [-0.2, -0.15) is 0 Å². The normalized spacial score (nSPS) is 13.5. The van der Waals surface area contributed by atoms with Crippen LogP contribution in [0.1, 0.15) is 38.3 Å². The Hall–Kier alpha value is -0.860. The Balaban J connectivity index is 2.54. The molecule has 0 aliphatic heterocycles. The van der Waals surface area contributed by atoms with E-state index in [0.29, 0.717) is 0 Å². The molecule has 0 aliphatic carbocycles. The highest BCUT2D eigenvalue weighted by Gasteiger charge is 2.22. The van der Waals surface area contributed by atoms with E-state index in [0.717, 1.165) is 25.6 Å². The van der Waals surface area contributed by atoms with Crippen molar-refractivity contribution in [2.24, 2.45) is 5.92 Å². The second-order valence-corrected chi connectivity index (χ2v) is 6.16. The summed E-state index contributed by atoms with van der Waals surface area (Å²) in [5, 5.41) is 6.91. The standard InChI is InChI=1S/C17H30N2/c1-6-15(11-18-5)12-19-13-17(3,4)16-10-8-7-9-14(16)2/h7-10,15,18-19H,6,11-13H2,1-5H3. The third-order valence-corrected chi connectivity index (χ3v) is 3.94. The van der Waals surface area contributed by atoms with Crippen LogP contribution in [0.2, 0.25) is 0 Å². The molecule has 2 heteroatoms. The van der Waals surface area contributed by atoms with Crippen molar-refractivity contribution in [1.82, 2.24) is 10.6 Å². The molecule has 0 spiro atoms. The molecule has 0 heterocycles. The van der Waals surface area contributed by atoms with E-state index in [4.69, 9.17) is 0 Å². The van der Waals surface area contributed by atoms with Gasteiger partial charge in [-0.25, -0.2) is 0 Å².